The molecule has 15 heavy (non-hydrogen) atoms. The van der Waals surface area contributed by atoms with E-state index in [1.165, 1.54) is 0 Å². The van der Waals surface area contributed by atoms with Crippen LogP contribution in [0.15, 0.2) is 12.3 Å². The summed E-state index contributed by atoms with van der Waals surface area (Å²) in [7, 11) is 0. The fraction of sp³-hybridized carbons (Fsp3) is 0.545. The Morgan fingerprint density at radius 1 is 1.53 bits per heavy atom. The highest BCUT2D eigenvalue weighted by Crippen LogP contribution is 2.36. The molecule has 2 heterocycles. The van der Waals surface area contributed by atoms with Crippen LogP contribution in [0.5, 0.6) is 5.75 Å². The molecule has 4 nitrogen and oxygen atoms in total. The van der Waals surface area contributed by atoms with Gasteiger partial charge in [-0.1, -0.05) is 6.92 Å². The van der Waals surface area contributed by atoms with Gasteiger partial charge in [-0.05, 0) is 13.0 Å². The molecule has 0 saturated carbocycles. The van der Waals surface area contributed by atoms with Gasteiger partial charge in [-0.2, -0.15) is 0 Å². The summed E-state index contributed by atoms with van der Waals surface area (Å²) in [5, 5.41) is 9.24. The number of hydrogen-bond donors (Lipinski definition) is 1. The number of aryl methyl sites for hydroxylation is 1. The maximum atomic E-state index is 9.24. The molecule has 2 atom stereocenters. The lowest BCUT2D eigenvalue weighted by Gasteiger charge is -2.31. The number of aromatic nitrogens is 1. The van der Waals surface area contributed by atoms with Crippen molar-refractivity contribution in [1.29, 1.82) is 0 Å². The van der Waals surface area contributed by atoms with Gasteiger partial charge in [-0.3, -0.25) is 4.98 Å². The van der Waals surface area contributed by atoms with E-state index in [2.05, 4.69) is 4.98 Å². The van der Waals surface area contributed by atoms with Gasteiger partial charge in [0.05, 0.1) is 12.3 Å². The van der Waals surface area contributed by atoms with E-state index in [0.717, 1.165) is 23.4 Å². The Bertz CT molecular complexity index is 354. The van der Waals surface area contributed by atoms with E-state index in [4.69, 9.17) is 9.47 Å². The van der Waals surface area contributed by atoms with E-state index >= 15 is 0 Å². The van der Waals surface area contributed by atoms with Crippen molar-refractivity contribution in [1.82, 2.24) is 4.98 Å². The number of fused-ring (bicyclic) bond motifs is 1. The molecule has 1 aliphatic rings. The number of nitrogens with zero attached hydrogens (tertiary/aromatic N) is 1. The van der Waals surface area contributed by atoms with Crippen molar-refractivity contribution in [2.24, 2.45) is 0 Å². The second-order valence-electron chi connectivity index (χ2n) is 3.58. The van der Waals surface area contributed by atoms with Crippen LogP contribution in [0.25, 0.3) is 0 Å². The predicted octanol–water partition coefficient (Wildman–Crippen LogP) is 1.57. The zero-order valence-electron chi connectivity index (χ0n) is 8.93. The van der Waals surface area contributed by atoms with Crippen LogP contribution in [0.3, 0.4) is 0 Å². The lowest BCUT2D eigenvalue weighted by Crippen LogP contribution is -2.30. The molecule has 4 heteroatoms. The van der Waals surface area contributed by atoms with E-state index in [9.17, 15) is 5.11 Å². The largest absolute Gasteiger partial charge is 0.463 e. The van der Waals surface area contributed by atoms with E-state index in [0.29, 0.717) is 0 Å². The Labute approximate surface area is 88.9 Å². The van der Waals surface area contributed by atoms with Crippen molar-refractivity contribution in [2.45, 2.75) is 32.7 Å². The molecule has 1 N–H and O–H groups in total. The Balaban J connectivity index is 2.39. The maximum absolute atomic E-state index is 9.24. The first-order chi connectivity index (χ1) is 7.26. The standard InChI is InChI=1S/C11H15NO3/c1-3-10-14-9(6-13)8-4-5-12-7(2)11(8)15-10/h4-5,9-10,13H,3,6H2,1-2H3. The molecule has 0 aromatic carbocycles. The van der Waals surface area contributed by atoms with E-state index in [1.807, 2.05) is 19.9 Å². The third-order valence-electron chi connectivity index (χ3n) is 2.52. The molecule has 0 spiro atoms. The topological polar surface area (TPSA) is 51.6 Å². The van der Waals surface area contributed by atoms with Crippen molar-refractivity contribution < 1.29 is 14.6 Å². The molecular formula is C11H15NO3. The highest BCUT2D eigenvalue weighted by atomic mass is 16.7. The highest BCUT2D eigenvalue weighted by molar-refractivity contribution is 5.39. The Morgan fingerprint density at radius 3 is 3.00 bits per heavy atom. The van der Waals surface area contributed by atoms with Gasteiger partial charge in [0, 0.05) is 18.2 Å². The molecule has 0 radical (unpaired) electrons. The quantitative estimate of drug-likeness (QED) is 0.803. The van der Waals surface area contributed by atoms with Crippen molar-refractivity contribution in [3.63, 3.8) is 0 Å². The number of aliphatic hydroxyl groups is 1. The molecule has 82 valence electrons. The van der Waals surface area contributed by atoms with Gasteiger partial charge >= 0.3 is 0 Å². The number of hydrogen-bond acceptors (Lipinski definition) is 4. The summed E-state index contributed by atoms with van der Waals surface area (Å²) in [5.41, 5.74) is 1.72. The van der Waals surface area contributed by atoms with Crippen LogP contribution >= 0.6 is 0 Å². The third-order valence-corrected chi connectivity index (χ3v) is 2.52. The van der Waals surface area contributed by atoms with Crippen molar-refractivity contribution in [3.05, 3.63) is 23.5 Å². The number of ether oxygens (including phenoxy) is 2. The van der Waals surface area contributed by atoms with Gasteiger partial charge < -0.3 is 14.6 Å². The average molecular weight is 209 g/mol. The van der Waals surface area contributed by atoms with Crippen molar-refractivity contribution in [2.75, 3.05) is 6.61 Å². The molecule has 1 aliphatic heterocycles. The van der Waals surface area contributed by atoms with Crippen LogP contribution in [-0.4, -0.2) is 23.0 Å². The zero-order valence-corrected chi connectivity index (χ0v) is 8.93. The Kier molecular flexibility index (Phi) is 2.88. The van der Waals surface area contributed by atoms with E-state index < -0.39 is 0 Å². The van der Waals surface area contributed by atoms with Crippen molar-refractivity contribution in [3.8, 4) is 5.75 Å². The van der Waals surface area contributed by atoms with Gasteiger partial charge in [0.1, 0.15) is 11.9 Å². The van der Waals surface area contributed by atoms with Gasteiger partial charge in [0.2, 0.25) is 0 Å². The molecule has 0 bridgehead atoms. The maximum Gasteiger partial charge on any atom is 0.200 e. The minimum absolute atomic E-state index is 0.0314. The van der Waals surface area contributed by atoms with Gasteiger partial charge in [-0.25, -0.2) is 0 Å². The first kappa shape index (κ1) is 10.4. The minimum Gasteiger partial charge on any atom is -0.463 e. The summed E-state index contributed by atoms with van der Waals surface area (Å²) in [5.74, 6) is 0.759. The Morgan fingerprint density at radius 2 is 2.33 bits per heavy atom. The van der Waals surface area contributed by atoms with Crippen LogP contribution in [0.2, 0.25) is 0 Å². The monoisotopic (exact) mass is 209 g/mol. The fourth-order valence-electron chi connectivity index (χ4n) is 1.72. The molecule has 2 rings (SSSR count). The fourth-order valence-corrected chi connectivity index (χ4v) is 1.72. The lowest BCUT2D eigenvalue weighted by molar-refractivity contribution is -0.153. The molecule has 0 amide bonds. The van der Waals surface area contributed by atoms with Gasteiger partial charge in [-0.15, -0.1) is 0 Å². The minimum atomic E-state index is -0.291. The number of aliphatic hydroxyl groups excluding tert-OH is 1. The molecule has 0 saturated heterocycles. The van der Waals surface area contributed by atoms with Crippen molar-refractivity contribution >= 4 is 0 Å². The lowest BCUT2D eigenvalue weighted by atomic mass is 10.1. The van der Waals surface area contributed by atoms with Gasteiger partial charge in [0.15, 0.2) is 6.29 Å². The first-order valence-electron chi connectivity index (χ1n) is 5.14. The predicted molar refractivity (Wildman–Crippen MR) is 54.6 cm³/mol. The molecule has 0 aliphatic carbocycles. The summed E-state index contributed by atoms with van der Waals surface area (Å²) < 4.78 is 11.2. The molecule has 1 aromatic heterocycles. The van der Waals surface area contributed by atoms with Crippen LogP contribution in [0.1, 0.15) is 30.7 Å². The molecule has 0 fully saturated rings. The summed E-state index contributed by atoms with van der Waals surface area (Å²) in [6.45, 7) is 3.84. The zero-order chi connectivity index (χ0) is 10.8. The molecular weight excluding hydrogens is 194 g/mol. The normalized spacial score (nSPS) is 24.5. The van der Waals surface area contributed by atoms with Crippen LogP contribution in [-0.2, 0) is 4.74 Å². The number of rotatable bonds is 2. The Hall–Kier alpha value is -1.13. The highest BCUT2D eigenvalue weighted by Gasteiger charge is 2.28. The van der Waals surface area contributed by atoms with Gasteiger partial charge in [0.25, 0.3) is 0 Å². The van der Waals surface area contributed by atoms with Crippen LogP contribution in [0, 0.1) is 6.92 Å². The van der Waals surface area contributed by atoms with Crippen LogP contribution < -0.4 is 4.74 Å². The summed E-state index contributed by atoms with van der Waals surface area (Å²) >= 11 is 0. The smallest absolute Gasteiger partial charge is 0.200 e. The molecule has 2 unspecified atom stereocenters. The average Bonchev–Trinajstić information content (AvgIpc) is 2.28. The second kappa shape index (κ2) is 4.16. The summed E-state index contributed by atoms with van der Waals surface area (Å²) in [6.07, 6.45) is 1.89. The third kappa shape index (κ3) is 1.82. The SMILES string of the molecule is CCC1Oc2c(ccnc2C)C(CO)O1. The van der Waals surface area contributed by atoms with E-state index in [1.54, 1.807) is 6.20 Å². The second-order valence-corrected chi connectivity index (χ2v) is 3.58. The summed E-state index contributed by atoms with van der Waals surface area (Å²) in [6, 6.07) is 1.83. The number of pyridine rings is 1. The van der Waals surface area contributed by atoms with Crippen LogP contribution in [0.4, 0.5) is 0 Å². The molecule has 1 aromatic rings. The first-order valence-corrected chi connectivity index (χ1v) is 5.14. The summed E-state index contributed by atoms with van der Waals surface area (Å²) in [4.78, 5) is 4.17. The van der Waals surface area contributed by atoms with E-state index in [-0.39, 0.29) is 19.0 Å².